The van der Waals surface area contributed by atoms with Crippen LogP contribution in [-0.4, -0.2) is 42.3 Å². The number of hydrogen-bond acceptors (Lipinski definition) is 3. The SMILES string of the molecule is CC(C)N1CCC2(CC1)C[C@H](N)CO2. The number of nitrogens with two attached hydrogens (primary N) is 1. The van der Waals surface area contributed by atoms with Crippen molar-refractivity contribution in [3.05, 3.63) is 0 Å². The van der Waals surface area contributed by atoms with Crippen molar-refractivity contribution in [3.8, 4) is 0 Å². The van der Waals surface area contributed by atoms with Crippen LogP contribution in [0, 0.1) is 0 Å². The molecule has 0 saturated carbocycles. The molecular formula is C11H22N2O. The summed E-state index contributed by atoms with van der Waals surface area (Å²) in [6, 6.07) is 0.947. The third kappa shape index (κ3) is 1.95. The quantitative estimate of drug-likeness (QED) is 0.682. The van der Waals surface area contributed by atoms with Crippen LogP contribution in [-0.2, 0) is 4.74 Å². The molecule has 2 N–H and O–H groups in total. The Bertz CT molecular complexity index is 197. The molecule has 0 aliphatic carbocycles. The summed E-state index contributed by atoms with van der Waals surface area (Å²) in [6.07, 6.45) is 3.40. The van der Waals surface area contributed by atoms with Crippen LogP contribution in [0.3, 0.4) is 0 Å². The summed E-state index contributed by atoms with van der Waals surface area (Å²) in [5.74, 6) is 0. The third-order valence-electron chi connectivity index (χ3n) is 3.68. The van der Waals surface area contributed by atoms with Crippen molar-refractivity contribution < 1.29 is 4.74 Å². The van der Waals surface area contributed by atoms with Crippen molar-refractivity contribution in [1.29, 1.82) is 0 Å². The van der Waals surface area contributed by atoms with E-state index in [2.05, 4.69) is 18.7 Å². The first-order chi connectivity index (χ1) is 6.61. The molecule has 3 nitrogen and oxygen atoms in total. The molecular weight excluding hydrogens is 176 g/mol. The van der Waals surface area contributed by atoms with Gasteiger partial charge in [0, 0.05) is 25.2 Å². The van der Waals surface area contributed by atoms with Gasteiger partial charge in [0.05, 0.1) is 12.2 Å². The predicted octanol–water partition coefficient (Wildman–Crippen LogP) is 0.977. The Morgan fingerprint density at radius 1 is 1.36 bits per heavy atom. The third-order valence-corrected chi connectivity index (χ3v) is 3.68. The molecule has 2 aliphatic rings. The Morgan fingerprint density at radius 3 is 2.43 bits per heavy atom. The number of ether oxygens (including phenoxy) is 1. The van der Waals surface area contributed by atoms with Crippen molar-refractivity contribution in [2.24, 2.45) is 5.73 Å². The molecule has 2 saturated heterocycles. The van der Waals surface area contributed by atoms with E-state index < -0.39 is 0 Å². The van der Waals surface area contributed by atoms with Crippen molar-refractivity contribution in [2.45, 2.75) is 50.8 Å². The molecule has 0 unspecified atom stereocenters. The molecule has 2 rings (SSSR count). The first-order valence-corrected chi connectivity index (χ1v) is 5.75. The zero-order valence-electron chi connectivity index (χ0n) is 9.33. The highest BCUT2D eigenvalue weighted by Gasteiger charge is 2.41. The standard InChI is InChI=1S/C11H22N2O/c1-9(2)13-5-3-11(4-6-13)7-10(12)8-14-11/h9-10H,3-8,12H2,1-2H3/t10-/m0/s1. The fraction of sp³-hybridized carbons (Fsp3) is 1.00. The molecule has 0 aromatic rings. The summed E-state index contributed by atoms with van der Waals surface area (Å²) >= 11 is 0. The second kappa shape index (κ2) is 3.80. The molecule has 3 heteroatoms. The van der Waals surface area contributed by atoms with E-state index in [0.717, 1.165) is 13.0 Å². The van der Waals surface area contributed by atoms with E-state index in [9.17, 15) is 0 Å². The van der Waals surface area contributed by atoms with E-state index in [1.165, 1.54) is 25.9 Å². The molecule has 2 fully saturated rings. The first-order valence-electron chi connectivity index (χ1n) is 5.75. The maximum absolute atomic E-state index is 5.90. The number of piperidine rings is 1. The van der Waals surface area contributed by atoms with Gasteiger partial charge in [-0.3, -0.25) is 0 Å². The van der Waals surface area contributed by atoms with Crippen LogP contribution in [0.5, 0.6) is 0 Å². The Hall–Kier alpha value is -0.120. The largest absolute Gasteiger partial charge is 0.373 e. The molecule has 0 aromatic heterocycles. The molecule has 0 aromatic carbocycles. The highest BCUT2D eigenvalue weighted by molar-refractivity contribution is 4.95. The van der Waals surface area contributed by atoms with Crippen molar-refractivity contribution in [1.82, 2.24) is 4.90 Å². The lowest BCUT2D eigenvalue weighted by Crippen LogP contribution is -2.46. The van der Waals surface area contributed by atoms with Gasteiger partial charge < -0.3 is 15.4 Å². The molecule has 0 bridgehead atoms. The van der Waals surface area contributed by atoms with E-state index in [-0.39, 0.29) is 11.6 Å². The van der Waals surface area contributed by atoms with Crippen molar-refractivity contribution in [2.75, 3.05) is 19.7 Å². The van der Waals surface area contributed by atoms with Crippen LogP contribution in [0.4, 0.5) is 0 Å². The number of likely N-dealkylation sites (tertiary alicyclic amines) is 1. The predicted molar refractivity (Wildman–Crippen MR) is 57.2 cm³/mol. The van der Waals surface area contributed by atoms with Gasteiger partial charge in [-0.05, 0) is 33.1 Å². The fourth-order valence-electron chi connectivity index (χ4n) is 2.68. The van der Waals surface area contributed by atoms with E-state index in [1.54, 1.807) is 0 Å². The smallest absolute Gasteiger partial charge is 0.0723 e. The van der Waals surface area contributed by atoms with Gasteiger partial charge in [-0.25, -0.2) is 0 Å². The summed E-state index contributed by atoms with van der Waals surface area (Å²) in [7, 11) is 0. The van der Waals surface area contributed by atoms with Gasteiger partial charge in [-0.1, -0.05) is 0 Å². The average molecular weight is 198 g/mol. The van der Waals surface area contributed by atoms with Crippen LogP contribution < -0.4 is 5.73 Å². The van der Waals surface area contributed by atoms with Gasteiger partial charge in [-0.2, -0.15) is 0 Å². The van der Waals surface area contributed by atoms with E-state index in [0.29, 0.717) is 6.04 Å². The normalized spacial score (nSPS) is 33.0. The summed E-state index contributed by atoms with van der Waals surface area (Å²) in [6.45, 7) is 7.63. The fourth-order valence-corrected chi connectivity index (χ4v) is 2.68. The molecule has 82 valence electrons. The second-order valence-electron chi connectivity index (χ2n) is 5.09. The van der Waals surface area contributed by atoms with Crippen molar-refractivity contribution >= 4 is 0 Å². The van der Waals surface area contributed by atoms with E-state index in [4.69, 9.17) is 10.5 Å². The van der Waals surface area contributed by atoms with Gasteiger partial charge in [0.15, 0.2) is 0 Å². The lowest BCUT2D eigenvalue weighted by atomic mass is 9.87. The molecule has 0 radical (unpaired) electrons. The minimum atomic E-state index is 0.144. The van der Waals surface area contributed by atoms with Crippen LogP contribution in [0.2, 0.25) is 0 Å². The zero-order valence-corrected chi connectivity index (χ0v) is 9.33. The summed E-state index contributed by atoms with van der Waals surface area (Å²) in [4.78, 5) is 2.53. The molecule has 2 aliphatic heterocycles. The lowest BCUT2D eigenvalue weighted by molar-refractivity contribution is -0.0483. The van der Waals surface area contributed by atoms with Crippen LogP contribution >= 0.6 is 0 Å². The second-order valence-corrected chi connectivity index (χ2v) is 5.09. The van der Waals surface area contributed by atoms with Crippen molar-refractivity contribution in [3.63, 3.8) is 0 Å². The lowest BCUT2D eigenvalue weighted by Gasteiger charge is -2.40. The van der Waals surface area contributed by atoms with Gasteiger partial charge in [0.1, 0.15) is 0 Å². The Kier molecular flexibility index (Phi) is 2.82. The zero-order chi connectivity index (χ0) is 10.2. The Balaban J connectivity index is 1.89. The average Bonchev–Trinajstić information content (AvgIpc) is 2.48. The van der Waals surface area contributed by atoms with Crippen LogP contribution in [0.1, 0.15) is 33.1 Å². The molecule has 1 atom stereocenters. The number of nitrogens with zero attached hydrogens (tertiary/aromatic N) is 1. The van der Waals surface area contributed by atoms with Gasteiger partial charge in [-0.15, -0.1) is 0 Å². The Labute approximate surface area is 86.6 Å². The van der Waals surface area contributed by atoms with Gasteiger partial charge in [0.2, 0.25) is 0 Å². The highest BCUT2D eigenvalue weighted by Crippen LogP contribution is 2.35. The monoisotopic (exact) mass is 198 g/mol. The van der Waals surface area contributed by atoms with E-state index in [1.807, 2.05) is 0 Å². The highest BCUT2D eigenvalue weighted by atomic mass is 16.5. The van der Waals surface area contributed by atoms with Crippen LogP contribution in [0.15, 0.2) is 0 Å². The molecule has 0 amide bonds. The van der Waals surface area contributed by atoms with Gasteiger partial charge >= 0.3 is 0 Å². The summed E-state index contributed by atoms with van der Waals surface area (Å²) in [5, 5.41) is 0. The maximum atomic E-state index is 5.90. The number of rotatable bonds is 1. The topological polar surface area (TPSA) is 38.5 Å². The first kappa shape index (κ1) is 10.4. The molecule has 2 heterocycles. The Morgan fingerprint density at radius 2 is 2.00 bits per heavy atom. The molecule has 14 heavy (non-hydrogen) atoms. The van der Waals surface area contributed by atoms with Gasteiger partial charge in [0.25, 0.3) is 0 Å². The number of hydrogen-bond donors (Lipinski definition) is 1. The summed E-state index contributed by atoms with van der Waals surface area (Å²) in [5.41, 5.74) is 6.04. The van der Waals surface area contributed by atoms with Crippen LogP contribution in [0.25, 0.3) is 0 Å². The summed E-state index contributed by atoms with van der Waals surface area (Å²) < 4.78 is 5.87. The maximum Gasteiger partial charge on any atom is 0.0723 e. The minimum Gasteiger partial charge on any atom is -0.373 e. The molecule has 1 spiro atoms. The van der Waals surface area contributed by atoms with E-state index >= 15 is 0 Å². The minimum absolute atomic E-state index is 0.144.